The highest BCUT2D eigenvalue weighted by Crippen LogP contribution is 2.39. The van der Waals surface area contributed by atoms with Crippen molar-refractivity contribution < 1.29 is 13.9 Å². The summed E-state index contributed by atoms with van der Waals surface area (Å²) in [4.78, 5) is 18.5. The average Bonchev–Trinajstić information content (AvgIpc) is 2.86. The van der Waals surface area contributed by atoms with Crippen LogP contribution in [0, 0.1) is 0 Å². The Morgan fingerprint density at radius 3 is 2.90 bits per heavy atom. The summed E-state index contributed by atoms with van der Waals surface area (Å²) in [6.45, 7) is 3.81. The molecule has 1 aromatic rings. The molecule has 1 atom stereocenters. The lowest BCUT2D eigenvalue weighted by Gasteiger charge is -2.41. The zero-order valence-electron chi connectivity index (χ0n) is 12.6. The molecule has 116 valence electrons. The Kier molecular flexibility index (Phi) is 3.73. The summed E-state index contributed by atoms with van der Waals surface area (Å²) in [5.74, 6) is 0.498. The van der Waals surface area contributed by atoms with Crippen LogP contribution in [0.1, 0.15) is 43.7 Å². The number of fused-ring (bicyclic) bond motifs is 1. The molecule has 0 saturated heterocycles. The van der Waals surface area contributed by atoms with E-state index in [1.54, 1.807) is 12.0 Å². The lowest BCUT2D eigenvalue weighted by Crippen LogP contribution is -2.53. The number of alkyl halides is 1. The van der Waals surface area contributed by atoms with Crippen LogP contribution in [0.4, 0.5) is 4.39 Å². The van der Waals surface area contributed by atoms with Gasteiger partial charge in [-0.15, -0.1) is 0 Å². The Hall–Kier alpha value is -1.43. The highest BCUT2D eigenvalue weighted by Gasteiger charge is 2.48. The number of amides is 1. The van der Waals surface area contributed by atoms with Crippen molar-refractivity contribution in [1.29, 1.82) is 0 Å². The van der Waals surface area contributed by atoms with Gasteiger partial charge in [0.15, 0.2) is 5.67 Å². The molecule has 2 aliphatic rings. The van der Waals surface area contributed by atoms with E-state index >= 15 is 0 Å². The van der Waals surface area contributed by atoms with Crippen LogP contribution in [-0.2, 0) is 22.5 Å². The number of aromatic nitrogens is 2. The van der Waals surface area contributed by atoms with E-state index in [2.05, 4.69) is 9.55 Å². The molecule has 0 spiro atoms. The third-order valence-electron chi connectivity index (χ3n) is 4.73. The van der Waals surface area contributed by atoms with Gasteiger partial charge in [-0.3, -0.25) is 4.79 Å². The monoisotopic (exact) mass is 295 g/mol. The number of halogens is 1. The van der Waals surface area contributed by atoms with Gasteiger partial charge in [0, 0.05) is 38.5 Å². The van der Waals surface area contributed by atoms with Crippen molar-refractivity contribution in [3.63, 3.8) is 0 Å². The number of hydrogen-bond acceptors (Lipinski definition) is 3. The highest BCUT2D eigenvalue weighted by atomic mass is 19.1. The number of carbonyl (C=O) groups is 1. The Balaban J connectivity index is 1.78. The summed E-state index contributed by atoms with van der Waals surface area (Å²) in [5.41, 5.74) is -0.508. The Morgan fingerprint density at radius 1 is 1.52 bits per heavy atom. The van der Waals surface area contributed by atoms with Crippen LogP contribution in [0.2, 0.25) is 0 Å². The van der Waals surface area contributed by atoms with Crippen LogP contribution < -0.4 is 0 Å². The first-order valence-electron chi connectivity index (χ1n) is 7.60. The zero-order chi connectivity index (χ0) is 15.0. The van der Waals surface area contributed by atoms with Crippen LogP contribution in [-0.4, -0.2) is 46.3 Å². The fraction of sp³-hybridized carbons (Fsp3) is 0.733. The van der Waals surface area contributed by atoms with Crippen LogP contribution in [0.25, 0.3) is 0 Å². The van der Waals surface area contributed by atoms with Gasteiger partial charge >= 0.3 is 0 Å². The normalized spacial score (nSPS) is 23.6. The average molecular weight is 295 g/mol. The quantitative estimate of drug-likeness (QED) is 0.852. The molecule has 6 heteroatoms. The maximum Gasteiger partial charge on any atom is 0.260 e. The molecule has 21 heavy (non-hydrogen) atoms. The van der Waals surface area contributed by atoms with E-state index in [0.717, 1.165) is 24.4 Å². The van der Waals surface area contributed by atoms with Crippen LogP contribution in [0.5, 0.6) is 0 Å². The van der Waals surface area contributed by atoms with Gasteiger partial charge in [-0.2, -0.15) is 0 Å². The first-order chi connectivity index (χ1) is 10.1. The van der Waals surface area contributed by atoms with Gasteiger partial charge in [-0.1, -0.05) is 0 Å². The molecule has 3 rings (SSSR count). The molecule has 1 unspecified atom stereocenters. The molecule has 0 bridgehead atoms. The SMILES string of the molecule is COCCc1cnc2n1CCN(C(=O)C1(F)CCC1)C2C. The molecular weight excluding hydrogens is 273 g/mol. The second-order valence-corrected chi connectivity index (χ2v) is 6.00. The maximum absolute atomic E-state index is 14.4. The third-order valence-corrected chi connectivity index (χ3v) is 4.73. The maximum atomic E-state index is 14.4. The lowest BCUT2D eigenvalue weighted by molar-refractivity contribution is -0.153. The summed E-state index contributed by atoms with van der Waals surface area (Å²) in [5, 5.41) is 0. The van der Waals surface area contributed by atoms with Crippen LogP contribution >= 0.6 is 0 Å². The molecule has 0 aromatic carbocycles. The number of rotatable bonds is 4. The van der Waals surface area contributed by atoms with Gasteiger partial charge < -0.3 is 14.2 Å². The van der Waals surface area contributed by atoms with Crippen molar-refractivity contribution in [1.82, 2.24) is 14.5 Å². The van der Waals surface area contributed by atoms with E-state index in [1.807, 2.05) is 13.1 Å². The van der Waals surface area contributed by atoms with Gasteiger partial charge in [0.1, 0.15) is 5.82 Å². The number of methoxy groups -OCH3 is 1. The van der Waals surface area contributed by atoms with E-state index in [9.17, 15) is 9.18 Å². The summed E-state index contributed by atoms with van der Waals surface area (Å²) in [6, 6.07) is -0.171. The van der Waals surface area contributed by atoms with Crippen molar-refractivity contribution in [2.24, 2.45) is 0 Å². The molecule has 1 aliphatic carbocycles. The van der Waals surface area contributed by atoms with E-state index in [-0.39, 0.29) is 11.9 Å². The Bertz CT molecular complexity index is 539. The molecule has 0 N–H and O–H groups in total. The first-order valence-corrected chi connectivity index (χ1v) is 7.60. The smallest absolute Gasteiger partial charge is 0.260 e. The molecule has 1 amide bonds. The first kappa shape index (κ1) is 14.5. The third kappa shape index (κ3) is 2.35. The minimum atomic E-state index is -1.62. The Labute approximate surface area is 124 Å². The van der Waals surface area contributed by atoms with Crippen molar-refractivity contribution in [2.75, 3.05) is 20.3 Å². The highest BCUT2D eigenvalue weighted by molar-refractivity contribution is 5.86. The fourth-order valence-electron chi connectivity index (χ4n) is 3.20. The number of ether oxygens (including phenoxy) is 1. The molecular formula is C15H22FN3O2. The van der Waals surface area contributed by atoms with Crippen LogP contribution in [0.3, 0.4) is 0 Å². The predicted molar refractivity (Wildman–Crippen MR) is 75.6 cm³/mol. The summed E-state index contributed by atoms with van der Waals surface area (Å²) >= 11 is 0. The molecule has 2 heterocycles. The second kappa shape index (κ2) is 5.40. The molecule has 0 radical (unpaired) electrons. The largest absolute Gasteiger partial charge is 0.384 e. The van der Waals surface area contributed by atoms with Gasteiger partial charge in [-0.05, 0) is 26.2 Å². The van der Waals surface area contributed by atoms with E-state index in [1.165, 1.54) is 0 Å². The van der Waals surface area contributed by atoms with E-state index < -0.39 is 5.67 Å². The standard InChI is InChI=1S/C15H22FN3O2/c1-11-13-17-10-12(4-9-21-2)19(13)8-7-18(11)14(20)15(16)5-3-6-15/h10-11H,3-9H2,1-2H3. The minimum Gasteiger partial charge on any atom is -0.384 e. The number of hydrogen-bond donors (Lipinski definition) is 0. The van der Waals surface area contributed by atoms with E-state index in [0.29, 0.717) is 32.5 Å². The molecule has 5 nitrogen and oxygen atoms in total. The Morgan fingerprint density at radius 2 is 2.29 bits per heavy atom. The fourth-order valence-corrected chi connectivity index (χ4v) is 3.20. The van der Waals surface area contributed by atoms with Crippen molar-refractivity contribution in [3.8, 4) is 0 Å². The zero-order valence-corrected chi connectivity index (χ0v) is 12.6. The van der Waals surface area contributed by atoms with Crippen molar-refractivity contribution in [2.45, 2.75) is 50.9 Å². The van der Waals surface area contributed by atoms with Gasteiger partial charge in [0.05, 0.1) is 12.6 Å². The van der Waals surface area contributed by atoms with E-state index in [4.69, 9.17) is 4.74 Å². The number of imidazole rings is 1. The summed E-state index contributed by atoms with van der Waals surface area (Å²) in [7, 11) is 1.68. The lowest BCUT2D eigenvalue weighted by atomic mass is 9.80. The molecule has 1 aromatic heterocycles. The van der Waals surface area contributed by atoms with Gasteiger partial charge in [0.2, 0.25) is 0 Å². The summed E-state index contributed by atoms with van der Waals surface area (Å²) in [6.07, 6.45) is 4.18. The molecule has 1 saturated carbocycles. The van der Waals surface area contributed by atoms with Crippen molar-refractivity contribution in [3.05, 3.63) is 17.7 Å². The van der Waals surface area contributed by atoms with Gasteiger partial charge in [-0.25, -0.2) is 9.37 Å². The molecule has 1 aliphatic heterocycles. The van der Waals surface area contributed by atoms with Gasteiger partial charge in [0.25, 0.3) is 5.91 Å². The number of nitrogens with zero attached hydrogens (tertiary/aromatic N) is 3. The number of carbonyl (C=O) groups excluding carboxylic acids is 1. The topological polar surface area (TPSA) is 47.4 Å². The molecule has 1 fully saturated rings. The van der Waals surface area contributed by atoms with Crippen LogP contribution in [0.15, 0.2) is 6.20 Å². The second-order valence-electron chi connectivity index (χ2n) is 6.00. The summed E-state index contributed by atoms with van der Waals surface area (Å²) < 4.78 is 21.6. The van der Waals surface area contributed by atoms with Crippen molar-refractivity contribution >= 4 is 5.91 Å². The minimum absolute atomic E-state index is 0.171. The predicted octanol–water partition coefficient (Wildman–Crippen LogP) is 1.87.